The van der Waals surface area contributed by atoms with Crippen LogP contribution in [0.1, 0.15) is 86.7 Å². The molecule has 0 bridgehead atoms. The SMILES string of the molecule is [2H]C([2H])([2H])c1cc(-n2c(-c3cc(C(C)C)cc(C(C)C)c3O)nc3c(-c4cc(-c5ccccc5)cc(-c5cc(-c6ccccc6)ccn5)c4)cccc32)c(-c2ccc(C(C)(C)C)cc2)cc1-c1ccccc1. The highest BCUT2D eigenvalue weighted by Gasteiger charge is 2.26. The Labute approximate surface area is 411 Å². The molecular weight excluding hydrogens is 839 g/mol. The summed E-state index contributed by atoms with van der Waals surface area (Å²) in [5, 5.41) is 12.6. The number of benzene rings is 8. The summed E-state index contributed by atoms with van der Waals surface area (Å²) in [6, 6.07) is 64.1. The number of phenolic OH excluding ortho intramolecular Hbond substituents is 1. The van der Waals surface area contributed by atoms with Crippen LogP contribution in [0.4, 0.5) is 0 Å². The second kappa shape index (κ2) is 18.3. The molecule has 0 saturated heterocycles. The maximum absolute atomic E-state index is 12.6. The van der Waals surface area contributed by atoms with Gasteiger partial charge in [0.25, 0.3) is 0 Å². The van der Waals surface area contributed by atoms with Crippen molar-refractivity contribution in [3.05, 3.63) is 217 Å². The van der Waals surface area contributed by atoms with Crippen molar-refractivity contribution in [3.8, 4) is 89.7 Å². The highest BCUT2D eigenvalue weighted by atomic mass is 16.3. The third kappa shape index (κ3) is 8.80. The molecule has 10 aromatic rings. The predicted octanol–water partition coefficient (Wildman–Crippen LogP) is 17.6. The van der Waals surface area contributed by atoms with Gasteiger partial charge in [-0.1, -0.05) is 182 Å². The van der Waals surface area contributed by atoms with E-state index in [1.54, 1.807) is 0 Å². The monoisotopic (exact) mass is 900 g/mol. The van der Waals surface area contributed by atoms with Crippen molar-refractivity contribution < 1.29 is 9.22 Å². The number of hydrogen-bond donors (Lipinski definition) is 1. The van der Waals surface area contributed by atoms with Gasteiger partial charge in [0, 0.05) is 27.0 Å². The number of pyridine rings is 1. The van der Waals surface area contributed by atoms with Crippen molar-refractivity contribution in [1.82, 2.24) is 14.5 Å². The first-order valence-corrected chi connectivity index (χ1v) is 24.0. The molecule has 0 fully saturated rings. The number of fused-ring (bicyclic) bond motifs is 1. The maximum Gasteiger partial charge on any atom is 0.149 e. The van der Waals surface area contributed by atoms with Crippen LogP contribution in [0.15, 0.2) is 194 Å². The van der Waals surface area contributed by atoms with Gasteiger partial charge in [-0.2, -0.15) is 0 Å². The lowest BCUT2D eigenvalue weighted by molar-refractivity contribution is 0.466. The Morgan fingerprint density at radius 3 is 1.77 bits per heavy atom. The highest BCUT2D eigenvalue weighted by molar-refractivity contribution is 5.99. The molecule has 0 unspecified atom stereocenters. The van der Waals surface area contributed by atoms with Crippen LogP contribution < -0.4 is 0 Å². The molecule has 1 N–H and O–H groups in total. The van der Waals surface area contributed by atoms with Gasteiger partial charge in [-0.25, -0.2) is 4.98 Å². The summed E-state index contributed by atoms with van der Waals surface area (Å²) in [4.78, 5) is 10.6. The number of phenols is 1. The molecule has 69 heavy (non-hydrogen) atoms. The van der Waals surface area contributed by atoms with Gasteiger partial charge in [-0.3, -0.25) is 9.55 Å². The summed E-state index contributed by atoms with van der Waals surface area (Å²) in [5.41, 5.74) is 16.9. The fourth-order valence-electron chi connectivity index (χ4n) is 9.52. The first kappa shape index (κ1) is 41.4. The van der Waals surface area contributed by atoms with Crippen LogP contribution >= 0.6 is 0 Å². The standard InChI is InChI=1S/C65H59N3O/c1-41(2)49-37-55(42(3)4)63(69)58(38-49)64-67-62-54(51-34-50(45-21-14-10-15-22-45)35-52(36-51)59-39-48(31-32-66-59)44-19-12-9-13-20-44)25-18-26-60(62)68(64)61-33-43(5)56(46-23-16-11-17-24-46)40-57(61)47-27-29-53(30-28-47)65(6,7)8/h9-42,69H,1-8H3/i5D3. The molecule has 0 radical (unpaired) electrons. The van der Waals surface area contributed by atoms with E-state index in [-0.39, 0.29) is 28.6 Å². The summed E-state index contributed by atoms with van der Waals surface area (Å²) in [5.74, 6) is 0.812. The van der Waals surface area contributed by atoms with Gasteiger partial charge in [0.2, 0.25) is 0 Å². The number of nitrogens with zero attached hydrogens (tertiary/aromatic N) is 3. The smallest absolute Gasteiger partial charge is 0.149 e. The van der Waals surface area contributed by atoms with Crippen molar-refractivity contribution in [2.75, 3.05) is 0 Å². The third-order valence-corrected chi connectivity index (χ3v) is 13.4. The van der Waals surface area contributed by atoms with Gasteiger partial charge >= 0.3 is 0 Å². The fourth-order valence-corrected chi connectivity index (χ4v) is 9.52. The molecule has 8 aromatic carbocycles. The van der Waals surface area contributed by atoms with Crippen molar-refractivity contribution in [3.63, 3.8) is 0 Å². The van der Waals surface area contributed by atoms with Crippen LogP contribution in [-0.4, -0.2) is 19.6 Å². The number of aromatic hydroxyl groups is 1. The lowest BCUT2D eigenvalue weighted by atomic mass is 9.85. The Kier molecular flexibility index (Phi) is 11.0. The Balaban J connectivity index is 1.31. The lowest BCUT2D eigenvalue weighted by Crippen LogP contribution is -2.10. The van der Waals surface area contributed by atoms with Crippen molar-refractivity contribution >= 4 is 11.0 Å². The summed E-state index contributed by atoms with van der Waals surface area (Å²) in [6.07, 6.45) is 1.87. The van der Waals surface area contributed by atoms with E-state index in [4.69, 9.17) is 14.1 Å². The average molecular weight is 901 g/mol. The second-order valence-corrected chi connectivity index (χ2v) is 19.8. The fraction of sp³-hybridized carbons (Fsp3) is 0.169. The molecule has 0 spiro atoms. The van der Waals surface area contributed by atoms with Crippen molar-refractivity contribution in [1.29, 1.82) is 0 Å². The van der Waals surface area contributed by atoms with Crippen LogP contribution in [0.2, 0.25) is 0 Å². The summed E-state index contributed by atoms with van der Waals surface area (Å²) in [6.45, 7) is 12.6. The number of aromatic nitrogens is 3. The van der Waals surface area contributed by atoms with Crippen LogP contribution in [-0.2, 0) is 5.41 Å². The minimum absolute atomic E-state index is 0.00759. The van der Waals surface area contributed by atoms with Crippen LogP contribution in [0.5, 0.6) is 5.75 Å². The van der Waals surface area contributed by atoms with E-state index >= 15 is 0 Å². The van der Waals surface area contributed by atoms with Gasteiger partial charge in [-0.05, 0) is 145 Å². The van der Waals surface area contributed by atoms with E-state index in [9.17, 15) is 5.11 Å². The Hall–Kier alpha value is -7.82. The molecule has 340 valence electrons. The zero-order valence-electron chi connectivity index (χ0n) is 43.4. The quantitative estimate of drug-likeness (QED) is 0.149. The summed E-state index contributed by atoms with van der Waals surface area (Å²) >= 11 is 0. The summed E-state index contributed by atoms with van der Waals surface area (Å²) < 4.78 is 29.3. The number of imidazole rings is 1. The lowest BCUT2D eigenvalue weighted by Gasteiger charge is -2.22. The van der Waals surface area contributed by atoms with Gasteiger partial charge in [0.1, 0.15) is 11.6 Å². The Morgan fingerprint density at radius 1 is 0.507 bits per heavy atom. The van der Waals surface area contributed by atoms with Gasteiger partial charge < -0.3 is 5.11 Å². The largest absolute Gasteiger partial charge is 0.507 e. The molecule has 0 saturated carbocycles. The summed E-state index contributed by atoms with van der Waals surface area (Å²) in [7, 11) is 0. The van der Waals surface area contributed by atoms with E-state index in [2.05, 4.69) is 162 Å². The van der Waals surface area contributed by atoms with E-state index < -0.39 is 6.85 Å². The molecule has 4 nitrogen and oxygen atoms in total. The van der Waals surface area contributed by atoms with Crippen molar-refractivity contribution in [2.45, 2.75) is 72.6 Å². The zero-order chi connectivity index (χ0) is 50.5. The molecule has 2 aromatic heterocycles. The van der Waals surface area contributed by atoms with E-state index in [0.29, 0.717) is 28.2 Å². The molecule has 4 heteroatoms. The molecule has 0 aliphatic rings. The first-order valence-electron chi connectivity index (χ1n) is 25.5. The molecular formula is C65H59N3O. The number of hydrogen-bond acceptors (Lipinski definition) is 3. The van der Waals surface area contributed by atoms with Crippen LogP contribution in [0, 0.1) is 6.85 Å². The molecule has 0 aliphatic carbocycles. The van der Waals surface area contributed by atoms with E-state index in [0.717, 1.165) is 78.0 Å². The zero-order valence-corrected chi connectivity index (χ0v) is 40.4. The van der Waals surface area contributed by atoms with E-state index in [1.807, 2.05) is 85.1 Å². The normalized spacial score (nSPS) is 12.6. The molecule has 2 heterocycles. The van der Waals surface area contributed by atoms with Crippen LogP contribution in [0.3, 0.4) is 0 Å². The van der Waals surface area contributed by atoms with Gasteiger partial charge in [-0.15, -0.1) is 0 Å². The number of aryl methyl sites for hydroxylation is 1. The average Bonchev–Trinajstić information content (AvgIpc) is 3.78. The first-order chi connectivity index (χ1) is 34.5. The molecule has 10 rings (SSSR count). The molecule has 0 atom stereocenters. The minimum Gasteiger partial charge on any atom is -0.507 e. The molecule has 0 amide bonds. The number of para-hydroxylation sites is 1. The van der Waals surface area contributed by atoms with Gasteiger partial charge in [0.05, 0.1) is 28.0 Å². The topological polar surface area (TPSA) is 50.9 Å². The number of rotatable bonds is 10. The third-order valence-electron chi connectivity index (χ3n) is 13.4. The van der Waals surface area contributed by atoms with Crippen molar-refractivity contribution in [2.24, 2.45) is 0 Å². The van der Waals surface area contributed by atoms with Crippen LogP contribution in [0.25, 0.3) is 95.0 Å². The Bertz CT molecular complexity index is 3590. The second-order valence-electron chi connectivity index (χ2n) is 19.8. The van der Waals surface area contributed by atoms with E-state index in [1.165, 1.54) is 5.56 Å². The maximum atomic E-state index is 12.6. The highest BCUT2D eigenvalue weighted by Crippen LogP contribution is 2.46. The molecule has 0 aliphatic heterocycles. The Morgan fingerprint density at radius 2 is 1.13 bits per heavy atom. The minimum atomic E-state index is -2.49. The predicted molar refractivity (Wildman–Crippen MR) is 290 cm³/mol. The van der Waals surface area contributed by atoms with Gasteiger partial charge in [0.15, 0.2) is 0 Å².